The molecular formula is C23H32N2O4. The molecule has 6 heteroatoms. The highest BCUT2D eigenvalue weighted by Gasteiger charge is 2.52. The van der Waals surface area contributed by atoms with Crippen LogP contribution < -0.4 is 10.1 Å². The first-order valence-electron chi connectivity index (χ1n) is 10.9. The molecule has 0 radical (unpaired) electrons. The average Bonchev–Trinajstić information content (AvgIpc) is 3.13. The number of hydrogen-bond acceptors (Lipinski definition) is 4. The second kappa shape index (κ2) is 8.74. The normalized spacial score (nSPS) is 24.4. The Hall–Kier alpha value is -2.08. The van der Waals surface area contributed by atoms with Crippen LogP contribution in [-0.4, -0.2) is 56.2 Å². The van der Waals surface area contributed by atoms with Gasteiger partial charge in [-0.25, -0.2) is 0 Å². The van der Waals surface area contributed by atoms with Gasteiger partial charge in [0.1, 0.15) is 5.75 Å². The lowest BCUT2D eigenvalue weighted by Crippen LogP contribution is -2.47. The number of nitrogens with one attached hydrogen (secondary N) is 1. The maximum atomic E-state index is 13.3. The number of carbonyl (C=O) groups is 2. The molecule has 3 fully saturated rings. The third-order valence-corrected chi connectivity index (χ3v) is 7.03. The van der Waals surface area contributed by atoms with E-state index in [1.54, 1.807) is 31.4 Å². The summed E-state index contributed by atoms with van der Waals surface area (Å²) < 4.78 is 10.8. The topological polar surface area (TPSA) is 67.9 Å². The van der Waals surface area contributed by atoms with Gasteiger partial charge in [0.05, 0.1) is 13.0 Å². The Morgan fingerprint density at radius 3 is 2.45 bits per heavy atom. The molecule has 1 unspecified atom stereocenters. The van der Waals surface area contributed by atoms with Crippen LogP contribution in [0, 0.1) is 11.3 Å². The molecule has 4 rings (SSSR count). The zero-order chi connectivity index (χ0) is 20.3. The standard InChI is InChI=1S/C23H32N2O4/c1-28-19-9-7-17(8-10-19)22(27)25-15-20(23(16-25)11-13-29-14-12-23)21(26)24-18-5-3-2-4-6-18/h7-10,18,20H,2-6,11-16H2,1H3,(H,24,26). The third-order valence-electron chi connectivity index (χ3n) is 7.03. The fourth-order valence-corrected chi connectivity index (χ4v) is 5.23. The van der Waals surface area contributed by atoms with Crippen LogP contribution in [0.5, 0.6) is 5.75 Å². The molecule has 2 heterocycles. The summed E-state index contributed by atoms with van der Waals surface area (Å²) in [5.41, 5.74) is 0.473. The van der Waals surface area contributed by atoms with E-state index in [1.165, 1.54) is 19.3 Å². The minimum absolute atomic E-state index is 0.00788. The largest absolute Gasteiger partial charge is 0.497 e. The van der Waals surface area contributed by atoms with Gasteiger partial charge in [-0.05, 0) is 49.9 Å². The van der Waals surface area contributed by atoms with E-state index in [2.05, 4.69) is 5.32 Å². The second-order valence-corrected chi connectivity index (χ2v) is 8.79. The Morgan fingerprint density at radius 1 is 1.10 bits per heavy atom. The second-order valence-electron chi connectivity index (χ2n) is 8.79. The molecule has 1 atom stereocenters. The highest BCUT2D eigenvalue weighted by Crippen LogP contribution is 2.45. The Kier molecular flexibility index (Phi) is 6.09. The average molecular weight is 401 g/mol. The van der Waals surface area contributed by atoms with Crippen molar-refractivity contribution < 1.29 is 19.1 Å². The zero-order valence-corrected chi connectivity index (χ0v) is 17.3. The van der Waals surface area contributed by atoms with Gasteiger partial charge in [0, 0.05) is 43.3 Å². The van der Waals surface area contributed by atoms with Crippen LogP contribution >= 0.6 is 0 Å². The summed E-state index contributed by atoms with van der Waals surface area (Å²) in [4.78, 5) is 28.3. The molecule has 0 bridgehead atoms. The quantitative estimate of drug-likeness (QED) is 0.844. The molecule has 158 valence electrons. The molecule has 1 aromatic carbocycles. The molecule has 6 nitrogen and oxygen atoms in total. The van der Waals surface area contributed by atoms with Gasteiger partial charge in [0.25, 0.3) is 5.91 Å². The van der Waals surface area contributed by atoms with Crippen molar-refractivity contribution in [2.75, 3.05) is 33.4 Å². The van der Waals surface area contributed by atoms with Crippen LogP contribution in [0.25, 0.3) is 0 Å². The van der Waals surface area contributed by atoms with Gasteiger partial charge in [0.2, 0.25) is 5.91 Å². The number of nitrogens with zero attached hydrogens (tertiary/aromatic N) is 1. The summed E-state index contributed by atoms with van der Waals surface area (Å²) in [6.07, 6.45) is 7.46. The van der Waals surface area contributed by atoms with E-state index < -0.39 is 0 Å². The zero-order valence-electron chi connectivity index (χ0n) is 17.3. The molecule has 1 aromatic rings. The molecule has 1 aliphatic carbocycles. The number of likely N-dealkylation sites (tertiary alicyclic amines) is 1. The fourth-order valence-electron chi connectivity index (χ4n) is 5.23. The van der Waals surface area contributed by atoms with Crippen LogP contribution in [0.15, 0.2) is 24.3 Å². The highest BCUT2D eigenvalue weighted by atomic mass is 16.5. The number of amides is 2. The Morgan fingerprint density at radius 2 is 1.79 bits per heavy atom. The van der Waals surface area contributed by atoms with Gasteiger partial charge < -0.3 is 19.7 Å². The minimum Gasteiger partial charge on any atom is -0.497 e. The van der Waals surface area contributed by atoms with Crippen molar-refractivity contribution in [2.45, 2.75) is 51.0 Å². The van der Waals surface area contributed by atoms with Gasteiger partial charge in [-0.1, -0.05) is 19.3 Å². The molecule has 1 saturated carbocycles. The third kappa shape index (κ3) is 4.27. The summed E-state index contributed by atoms with van der Waals surface area (Å²) in [7, 11) is 1.61. The van der Waals surface area contributed by atoms with Crippen LogP contribution in [0.2, 0.25) is 0 Å². The van der Waals surface area contributed by atoms with Crippen LogP contribution in [0.3, 0.4) is 0 Å². The SMILES string of the molecule is COc1ccc(C(=O)N2CC(C(=O)NC3CCCCC3)C3(CCOCC3)C2)cc1. The van der Waals surface area contributed by atoms with E-state index in [-0.39, 0.29) is 23.1 Å². The van der Waals surface area contributed by atoms with Gasteiger partial charge in [0.15, 0.2) is 0 Å². The molecule has 2 saturated heterocycles. The van der Waals surface area contributed by atoms with E-state index in [0.717, 1.165) is 31.4 Å². The van der Waals surface area contributed by atoms with Crippen LogP contribution in [0.4, 0.5) is 0 Å². The summed E-state index contributed by atoms with van der Waals surface area (Å²) >= 11 is 0. The van der Waals surface area contributed by atoms with Crippen molar-refractivity contribution in [3.8, 4) is 5.75 Å². The molecule has 1 spiro atoms. The molecule has 3 aliphatic rings. The number of carbonyl (C=O) groups excluding carboxylic acids is 2. The number of ether oxygens (including phenoxy) is 2. The Labute approximate surface area is 172 Å². The first kappa shape index (κ1) is 20.2. The lowest BCUT2D eigenvalue weighted by molar-refractivity contribution is -0.130. The lowest BCUT2D eigenvalue weighted by Gasteiger charge is -2.37. The molecule has 2 aliphatic heterocycles. The van der Waals surface area contributed by atoms with Gasteiger partial charge in [-0.15, -0.1) is 0 Å². The minimum atomic E-state index is -0.168. The lowest BCUT2D eigenvalue weighted by atomic mass is 9.71. The van der Waals surface area contributed by atoms with E-state index in [9.17, 15) is 9.59 Å². The van der Waals surface area contributed by atoms with E-state index in [0.29, 0.717) is 37.9 Å². The summed E-state index contributed by atoms with van der Waals surface area (Å²) in [5.74, 6) is 0.694. The van der Waals surface area contributed by atoms with Gasteiger partial charge in [-0.2, -0.15) is 0 Å². The van der Waals surface area contributed by atoms with E-state index in [4.69, 9.17) is 9.47 Å². The van der Waals surface area contributed by atoms with Crippen molar-refractivity contribution in [3.05, 3.63) is 29.8 Å². The van der Waals surface area contributed by atoms with Crippen molar-refractivity contribution in [1.82, 2.24) is 10.2 Å². The number of hydrogen-bond donors (Lipinski definition) is 1. The Balaban J connectivity index is 1.50. The van der Waals surface area contributed by atoms with E-state index >= 15 is 0 Å². The van der Waals surface area contributed by atoms with Crippen LogP contribution in [-0.2, 0) is 9.53 Å². The first-order chi connectivity index (χ1) is 14.1. The molecule has 2 amide bonds. The summed E-state index contributed by atoms with van der Waals surface area (Å²) in [5, 5.41) is 3.31. The Bertz CT molecular complexity index is 721. The molecule has 29 heavy (non-hydrogen) atoms. The number of methoxy groups -OCH3 is 1. The summed E-state index contributed by atoms with van der Waals surface area (Å²) in [6.45, 7) is 2.45. The molecular weight excluding hydrogens is 368 g/mol. The van der Waals surface area contributed by atoms with Gasteiger partial charge >= 0.3 is 0 Å². The van der Waals surface area contributed by atoms with E-state index in [1.807, 2.05) is 4.90 Å². The first-order valence-corrected chi connectivity index (χ1v) is 10.9. The van der Waals surface area contributed by atoms with Crippen molar-refractivity contribution in [1.29, 1.82) is 0 Å². The summed E-state index contributed by atoms with van der Waals surface area (Å²) in [6, 6.07) is 7.50. The predicted octanol–water partition coefficient (Wildman–Crippen LogP) is 3.01. The number of rotatable bonds is 4. The highest BCUT2D eigenvalue weighted by molar-refractivity contribution is 5.95. The van der Waals surface area contributed by atoms with Crippen molar-refractivity contribution in [2.24, 2.45) is 11.3 Å². The fraction of sp³-hybridized carbons (Fsp3) is 0.652. The van der Waals surface area contributed by atoms with Crippen LogP contribution in [0.1, 0.15) is 55.3 Å². The van der Waals surface area contributed by atoms with Gasteiger partial charge in [-0.3, -0.25) is 9.59 Å². The van der Waals surface area contributed by atoms with Crippen molar-refractivity contribution in [3.63, 3.8) is 0 Å². The van der Waals surface area contributed by atoms with Crippen molar-refractivity contribution >= 4 is 11.8 Å². The molecule has 0 aromatic heterocycles. The predicted molar refractivity (Wildman–Crippen MR) is 110 cm³/mol. The monoisotopic (exact) mass is 400 g/mol. The maximum absolute atomic E-state index is 13.3. The molecule has 1 N–H and O–H groups in total. The number of benzene rings is 1. The maximum Gasteiger partial charge on any atom is 0.253 e. The smallest absolute Gasteiger partial charge is 0.253 e.